The van der Waals surface area contributed by atoms with E-state index in [-0.39, 0.29) is 12.1 Å². The van der Waals surface area contributed by atoms with Crippen LogP contribution in [0.1, 0.15) is 44.9 Å². The zero-order valence-electron chi connectivity index (χ0n) is 10.9. The van der Waals surface area contributed by atoms with Crippen LogP contribution in [0.3, 0.4) is 0 Å². The molecule has 2 heterocycles. The number of urea groups is 1. The highest BCUT2D eigenvalue weighted by atomic mass is 32.1. The van der Waals surface area contributed by atoms with Crippen LogP contribution in [-0.4, -0.2) is 46.5 Å². The van der Waals surface area contributed by atoms with E-state index in [9.17, 15) is 4.79 Å². The molecule has 2 aliphatic heterocycles. The molecular formula is C13H23N3OS. The summed E-state index contributed by atoms with van der Waals surface area (Å²) in [6.45, 7) is 2.58. The molecule has 5 heteroatoms. The number of piperidine rings is 1. The average molecular weight is 269 g/mol. The normalized spacial score (nSPS) is 25.7. The predicted octanol–water partition coefficient (Wildman–Crippen LogP) is 2.12. The summed E-state index contributed by atoms with van der Waals surface area (Å²) >= 11 is 5.11. The molecule has 102 valence electrons. The van der Waals surface area contributed by atoms with Gasteiger partial charge in [-0.3, -0.25) is 0 Å². The molecule has 2 aliphatic rings. The monoisotopic (exact) mass is 269 g/mol. The van der Waals surface area contributed by atoms with Crippen LogP contribution in [0, 0.1) is 0 Å². The topological polar surface area (TPSA) is 49.6 Å². The predicted molar refractivity (Wildman–Crippen MR) is 76.6 cm³/mol. The molecule has 0 aromatic carbocycles. The van der Waals surface area contributed by atoms with Crippen molar-refractivity contribution in [1.82, 2.24) is 9.80 Å². The van der Waals surface area contributed by atoms with E-state index in [1.807, 2.05) is 9.80 Å². The zero-order chi connectivity index (χ0) is 13.0. The molecule has 0 aromatic heterocycles. The number of rotatable bonds is 1. The van der Waals surface area contributed by atoms with Gasteiger partial charge in [0.15, 0.2) is 0 Å². The van der Waals surface area contributed by atoms with Gasteiger partial charge in [0.05, 0.1) is 11.0 Å². The summed E-state index contributed by atoms with van der Waals surface area (Å²) in [4.78, 5) is 16.9. The summed E-state index contributed by atoms with van der Waals surface area (Å²) in [6, 6.07) is 0.124. The molecule has 1 atom stereocenters. The van der Waals surface area contributed by atoms with Gasteiger partial charge in [0, 0.05) is 19.6 Å². The molecule has 2 fully saturated rings. The van der Waals surface area contributed by atoms with Crippen molar-refractivity contribution in [3.63, 3.8) is 0 Å². The standard InChI is InChI=1S/C13H23N3OS/c14-12(18)11-7-3-6-10-16(11)13(17)15-8-4-1-2-5-9-15/h11H,1-10H2,(H2,14,18). The van der Waals surface area contributed by atoms with Crippen LogP contribution < -0.4 is 5.73 Å². The number of nitrogens with two attached hydrogens (primary N) is 1. The molecule has 4 nitrogen and oxygen atoms in total. The van der Waals surface area contributed by atoms with E-state index in [0.29, 0.717) is 4.99 Å². The van der Waals surface area contributed by atoms with Crippen LogP contribution in [0.2, 0.25) is 0 Å². The van der Waals surface area contributed by atoms with Gasteiger partial charge in [0.1, 0.15) is 0 Å². The van der Waals surface area contributed by atoms with E-state index in [4.69, 9.17) is 18.0 Å². The van der Waals surface area contributed by atoms with Crippen LogP contribution >= 0.6 is 12.2 Å². The molecule has 2 amide bonds. The fraction of sp³-hybridized carbons (Fsp3) is 0.846. The Morgan fingerprint density at radius 3 is 2.22 bits per heavy atom. The number of likely N-dealkylation sites (tertiary alicyclic amines) is 2. The van der Waals surface area contributed by atoms with Gasteiger partial charge in [-0.1, -0.05) is 25.1 Å². The molecule has 1 unspecified atom stereocenters. The number of amides is 2. The lowest BCUT2D eigenvalue weighted by atomic mass is 10.0. The van der Waals surface area contributed by atoms with Crippen LogP contribution in [0.15, 0.2) is 0 Å². The lowest BCUT2D eigenvalue weighted by Crippen LogP contribution is -2.54. The van der Waals surface area contributed by atoms with Crippen LogP contribution in [0.25, 0.3) is 0 Å². The molecule has 0 aliphatic carbocycles. The van der Waals surface area contributed by atoms with Crippen molar-refractivity contribution in [3.8, 4) is 0 Å². The van der Waals surface area contributed by atoms with Gasteiger partial charge in [-0.2, -0.15) is 0 Å². The van der Waals surface area contributed by atoms with Crippen molar-refractivity contribution in [2.45, 2.75) is 51.0 Å². The van der Waals surface area contributed by atoms with E-state index in [2.05, 4.69) is 0 Å². The molecular weight excluding hydrogens is 246 g/mol. The Morgan fingerprint density at radius 1 is 1.00 bits per heavy atom. The first kappa shape index (κ1) is 13.6. The van der Waals surface area contributed by atoms with Crippen molar-refractivity contribution < 1.29 is 4.79 Å². The molecule has 2 saturated heterocycles. The summed E-state index contributed by atoms with van der Waals surface area (Å²) in [5.41, 5.74) is 5.77. The maximum Gasteiger partial charge on any atom is 0.320 e. The molecule has 2 N–H and O–H groups in total. The van der Waals surface area contributed by atoms with Gasteiger partial charge in [0.25, 0.3) is 0 Å². The molecule has 0 bridgehead atoms. The molecule has 0 spiro atoms. The number of thiocarbonyl (C=S) groups is 1. The van der Waals surface area contributed by atoms with E-state index < -0.39 is 0 Å². The lowest BCUT2D eigenvalue weighted by Gasteiger charge is -2.38. The molecule has 18 heavy (non-hydrogen) atoms. The number of carbonyl (C=O) groups is 1. The Balaban J connectivity index is 2.02. The smallest absolute Gasteiger partial charge is 0.320 e. The Morgan fingerprint density at radius 2 is 1.61 bits per heavy atom. The third-order valence-corrected chi connectivity index (χ3v) is 4.23. The number of hydrogen-bond donors (Lipinski definition) is 1. The first-order chi connectivity index (χ1) is 8.70. The third kappa shape index (κ3) is 3.13. The first-order valence-electron chi connectivity index (χ1n) is 7.05. The Hall–Kier alpha value is -0.840. The van der Waals surface area contributed by atoms with Gasteiger partial charge in [-0.25, -0.2) is 4.79 Å². The van der Waals surface area contributed by atoms with Crippen LogP contribution in [0.5, 0.6) is 0 Å². The summed E-state index contributed by atoms with van der Waals surface area (Å²) in [7, 11) is 0. The van der Waals surface area contributed by atoms with Crippen LogP contribution in [0.4, 0.5) is 4.79 Å². The summed E-state index contributed by atoms with van der Waals surface area (Å²) in [5, 5.41) is 0. The second-order valence-electron chi connectivity index (χ2n) is 5.29. The van der Waals surface area contributed by atoms with Gasteiger partial charge in [-0.15, -0.1) is 0 Å². The maximum absolute atomic E-state index is 12.6. The summed E-state index contributed by atoms with van der Waals surface area (Å²) < 4.78 is 0. The van der Waals surface area contributed by atoms with E-state index in [0.717, 1.165) is 51.7 Å². The highest BCUT2D eigenvalue weighted by molar-refractivity contribution is 7.80. The summed E-state index contributed by atoms with van der Waals surface area (Å²) in [5.74, 6) is 0. The van der Waals surface area contributed by atoms with E-state index in [1.54, 1.807) is 0 Å². The fourth-order valence-electron chi connectivity index (χ4n) is 2.90. The maximum atomic E-state index is 12.6. The second-order valence-corrected chi connectivity index (χ2v) is 5.76. The lowest BCUT2D eigenvalue weighted by molar-refractivity contribution is 0.134. The van der Waals surface area contributed by atoms with E-state index in [1.165, 1.54) is 12.8 Å². The van der Waals surface area contributed by atoms with Crippen LogP contribution in [-0.2, 0) is 0 Å². The van der Waals surface area contributed by atoms with Crippen molar-refractivity contribution >= 4 is 23.2 Å². The summed E-state index contributed by atoms with van der Waals surface area (Å²) in [6.07, 6.45) is 7.83. The number of nitrogens with zero attached hydrogens (tertiary/aromatic N) is 2. The fourth-order valence-corrected chi connectivity index (χ4v) is 3.15. The quantitative estimate of drug-likeness (QED) is 0.742. The highest BCUT2D eigenvalue weighted by Gasteiger charge is 2.31. The van der Waals surface area contributed by atoms with E-state index >= 15 is 0 Å². The average Bonchev–Trinajstić information content (AvgIpc) is 2.66. The third-order valence-electron chi connectivity index (χ3n) is 3.95. The van der Waals surface area contributed by atoms with Gasteiger partial charge >= 0.3 is 6.03 Å². The largest absolute Gasteiger partial charge is 0.392 e. The second kappa shape index (κ2) is 6.36. The SMILES string of the molecule is NC(=S)C1CCCCN1C(=O)N1CCCCCC1. The zero-order valence-corrected chi connectivity index (χ0v) is 11.8. The Labute approximate surface area is 114 Å². The minimum Gasteiger partial charge on any atom is -0.392 e. The van der Waals surface area contributed by atoms with Crippen molar-refractivity contribution in [2.24, 2.45) is 5.73 Å². The Kier molecular flexibility index (Phi) is 4.80. The Bertz CT molecular complexity index is 313. The van der Waals surface area contributed by atoms with Gasteiger partial charge in [-0.05, 0) is 32.1 Å². The van der Waals surface area contributed by atoms with Crippen molar-refractivity contribution in [1.29, 1.82) is 0 Å². The van der Waals surface area contributed by atoms with Crippen molar-refractivity contribution in [3.05, 3.63) is 0 Å². The van der Waals surface area contributed by atoms with Crippen molar-refractivity contribution in [2.75, 3.05) is 19.6 Å². The number of hydrogen-bond acceptors (Lipinski definition) is 2. The highest BCUT2D eigenvalue weighted by Crippen LogP contribution is 2.20. The van der Waals surface area contributed by atoms with Gasteiger partial charge in [0.2, 0.25) is 0 Å². The minimum atomic E-state index is -0.0236. The molecule has 2 rings (SSSR count). The number of carbonyl (C=O) groups excluding carboxylic acids is 1. The molecule has 0 aromatic rings. The first-order valence-corrected chi connectivity index (χ1v) is 7.46. The minimum absolute atomic E-state index is 0.0236. The molecule has 0 saturated carbocycles. The molecule has 0 radical (unpaired) electrons. The van der Waals surface area contributed by atoms with Gasteiger partial charge < -0.3 is 15.5 Å².